The van der Waals surface area contributed by atoms with Crippen LogP contribution in [0.3, 0.4) is 0 Å². The minimum Gasteiger partial charge on any atom is -0.0885 e. The molecule has 0 aromatic heterocycles. The normalized spacial score (nSPS) is 25.3. The van der Waals surface area contributed by atoms with E-state index in [2.05, 4.69) is 36.5 Å². The fourth-order valence-corrected chi connectivity index (χ4v) is 1.29. The molecule has 12 heavy (non-hydrogen) atoms. The van der Waals surface area contributed by atoms with Crippen molar-refractivity contribution in [2.75, 3.05) is 0 Å². The summed E-state index contributed by atoms with van der Waals surface area (Å²) < 4.78 is 0. The molecule has 0 heteroatoms. The van der Waals surface area contributed by atoms with Gasteiger partial charge >= 0.3 is 0 Å². The van der Waals surface area contributed by atoms with Crippen molar-refractivity contribution in [1.82, 2.24) is 0 Å². The van der Waals surface area contributed by atoms with Crippen LogP contribution in [0.2, 0.25) is 0 Å². The van der Waals surface area contributed by atoms with Crippen LogP contribution in [0.25, 0.3) is 0 Å². The van der Waals surface area contributed by atoms with Gasteiger partial charge in [-0.05, 0) is 38.5 Å². The van der Waals surface area contributed by atoms with Gasteiger partial charge in [-0.25, -0.2) is 0 Å². The van der Waals surface area contributed by atoms with Crippen molar-refractivity contribution in [3.63, 3.8) is 0 Å². The van der Waals surface area contributed by atoms with E-state index < -0.39 is 0 Å². The quantitative estimate of drug-likeness (QED) is 0.472. The van der Waals surface area contributed by atoms with Crippen LogP contribution in [0.15, 0.2) is 36.5 Å². The molecule has 0 unspecified atom stereocenters. The summed E-state index contributed by atoms with van der Waals surface area (Å²) in [6.45, 7) is 0. The maximum absolute atomic E-state index is 2.31. The van der Waals surface area contributed by atoms with Gasteiger partial charge in [-0.15, -0.1) is 0 Å². The number of hydrogen-bond donors (Lipinski definition) is 0. The predicted octanol–water partition coefficient (Wildman–Crippen LogP) is 4.01. The molecule has 0 bridgehead atoms. The molecule has 0 spiro atoms. The van der Waals surface area contributed by atoms with E-state index in [1.807, 2.05) is 0 Å². The van der Waals surface area contributed by atoms with Gasteiger partial charge in [0, 0.05) is 0 Å². The zero-order valence-corrected chi connectivity index (χ0v) is 7.71. The molecule has 0 aliphatic heterocycles. The minimum absolute atomic E-state index is 1.11. The Balaban J connectivity index is 2.30. The van der Waals surface area contributed by atoms with E-state index in [1.54, 1.807) is 0 Å². The average molecular weight is 162 g/mol. The monoisotopic (exact) mass is 162 g/mol. The Labute approximate surface area is 75.7 Å². The van der Waals surface area contributed by atoms with Crippen LogP contribution in [0.4, 0.5) is 0 Å². The Bertz CT molecular complexity index is 172. The largest absolute Gasteiger partial charge is 0.0885 e. The summed E-state index contributed by atoms with van der Waals surface area (Å²) in [6, 6.07) is 0. The lowest BCUT2D eigenvalue weighted by atomic mass is 10.1. The lowest BCUT2D eigenvalue weighted by molar-refractivity contribution is 0.859. The van der Waals surface area contributed by atoms with Crippen molar-refractivity contribution >= 4 is 0 Å². The van der Waals surface area contributed by atoms with E-state index in [1.165, 1.54) is 32.1 Å². The Morgan fingerprint density at radius 3 is 1.75 bits per heavy atom. The molecule has 1 rings (SSSR count). The van der Waals surface area contributed by atoms with Crippen molar-refractivity contribution in [3.05, 3.63) is 36.5 Å². The van der Waals surface area contributed by atoms with Crippen LogP contribution in [0.1, 0.15) is 38.5 Å². The van der Waals surface area contributed by atoms with Gasteiger partial charge in [0.2, 0.25) is 0 Å². The molecule has 1 aliphatic rings. The van der Waals surface area contributed by atoms with Crippen LogP contribution < -0.4 is 0 Å². The topological polar surface area (TPSA) is 0 Å². The first-order chi connectivity index (χ1) is 6.00. The Kier molecular flexibility index (Phi) is 5.35. The molecule has 0 heterocycles. The third-order valence-corrected chi connectivity index (χ3v) is 2.01. The molecule has 0 saturated carbocycles. The van der Waals surface area contributed by atoms with E-state index in [0.717, 1.165) is 6.42 Å². The summed E-state index contributed by atoms with van der Waals surface area (Å²) in [4.78, 5) is 0. The molecule has 0 aromatic rings. The van der Waals surface area contributed by atoms with Gasteiger partial charge in [0.25, 0.3) is 0 Å². The number of rotatable bonds is 0. The second kappa shape index (κ2) is 6.90. The average Bonchev–Trinajstić information content (AvgIpc) is 2.05. The van der Waals surface area contributed by atoms with E-state index in [9.17, 15) is 0 Å². The van der Waals surface area contributed by atoms with Gasteiger partial charge in [-0.3, -0.25) is 0 Å². The lowest BCUT2D eigenvalue weighted by Gasteiger charge is -1.92. The molecule has 0 aromatic carbocycles. The first-order valence-electron chi connectivity index (χ1n) is 4.95. The highest BCUT2D eigenvalue weighted by Crippen LogP contribution is 2.03. The van der Waals surface area contributed by atoms with Gasteiger partial charge in [-0.1, -0.05) is 36.5 Å². The van der Waals surface area contributed by atoms with Crippen molar-refractivity contribution < 1.29 is 0 Å². The lowest BCUT2D eigenvalue weighted by Crippen LogP contribution is -1.72. The molecule has 0 amide bonds. The molecule has 0 fully saturated rings. The summed E-state index contributed by atoms with van der Waals surface area (Å²) in [5, 5.41) is 0. The maximum atomic E-state index is 2.31. The van der Waals surface area contributed by atoms with Crippen LogP contribution >= 0.6 is 0 Å². The smallest absolute Gasteiger partial charge is 0.0169 e. The zero-order chi connectivity index (χ0) is 8.49. The van der Waals surface area contributed by atoms with E-state index in [4.69, 9.17) is 0 Å². The molecule has 0 radical (unpaired) electrons. The summed E-state index contributed by atoms with van der Waals surface area (Å²) in [5.41, 5.74) is 0. The van der Waals surface area contributed by atoms with Gasteiger partial charge in [0.15, 0.2) is 0 Å². The Morgan fingerprint density at radius 2 is 1.00 bits per heavy atom. The minimum atomic E-state index is 1.11. The van der Waals surface area contributed by atoms with E-state index in [-0.39, 0.29) is 0 Å². The molecule has 1 aliphatic carbocycles. The summed E-state index contributed by atoms with van der Waals surface area (Å²) in [7, 11) is 0. The van der Waals surface area contributed by atoms with Crippen LogP contribution in [0, 0.1) is 0 Å². The number of allylic oxidation sites excluding steroid dienone is 6. The van der Waals surface area contributed by atoms with Crippen LogP contribution in [-0.2, 0) is 0 Å². The second-order valence-corrected chi connectivity index (χ2v) is 3.16. The molecule has 0 N–H and O–H groups in total. The van der Waals surface area contributed by atoms with Crippen molar-refractivity contribution in [1.29, 1.82) is 0 Å². The molecule has 0 nitrogen and oxygen atoms in total. The highest BCUT2D eigenvalue weighted by atomic mass is 13.9. The molecule has 0 atom stereocenters. The SMILES string of the molecule is C1=CCCC/C=C\C/C=C\CC1. The van der Waals surface area contributed by atoms with Gasteiger partial charge in [0.05, 0.1) is 0 Å². The highest BCUT2D eigenvalue weighted by molar-refractivity contribution is 4.95. The Hall–Kier alpha value is -0.780. The standard InChI is InChI=1S/C12H18/c1-2-4-6-8-10-12-11-9-7-5-3-1/h1-2,5,7-8,10H,3-4,6,9,11-12H2/b2-1-,7-5-,10-8?. The molecule has 0 saturated heterocycles. The second-order valence-electron chi connectivity index (χ2n) is 3.16. The van der Waals surface area contributed by atoms with Gasteiger partial charge in [-0.2, -0.15) is 0 Å². The van der Waals surface area contributed by atoms with Crippen molar-refractivity contribution in [3.8, 4) is 0 Å². The van der Waals surface area contributed by atoms with Crippen LogP contribution in [-0.4, -0.2) is 0 Å². The third kappa shape index (κ3) is 4.95. The third-order valence-electron chi connectivity index (χ3n) is 2.01. The predicted molar refractivity (Wildman–Crippen MR) is 55.1 cm³/mol. The van der Waals surface area contributed by atoms with E-state index >= 15 is 0 Å². The molecular weight excluding hydrogens is 144 g/mol. The maximum Gasteiger partial charge on any atom is -0.0169 e. The molecular formula is C12H18. The number of hydrogen-bond acceptors (Lipinski definition) is 0. The fraction of sp³-hybridized carbons (Fsp3) is 0.500. The zero-order valence-electron chi connectivity index (χ0n) is 7.71. The Morgan fingerprint density at radius 1 is 0.500 bits per heavy atom. The summed E-state index contributed by atoms with van der Waals surface area (Å²) in [5.74, 6) is 0. The highest BCUT2D eigenvalue weighted by Gasteiger charge is 1.82. The molecule has 66 valence electrons. The summed E-state index contributed by atoms with van der Waals surface area (Å²) in [6.07, 6.45) is 21.0. The van der Waals surface area contributed by atoms with Gasteiger partial charge in [0.1, 0.15) is 0 Å². The fourth-order valence-electron chi connectivity index (χ4n) is 1.29. The van der Waals surface area contributed by atoms with Crippen molar-refractivity contribution in [2.45, 2.75) is 38.5 Å². The first kappa shape index (κ1) is 9.31. The van der Waals surface area contributed by atoms with Crippen LogP contribution in [0.5, 0.6) is 0 Å². The first-order valence-corrected chi connectivity index (χ1v) is 4.95. The van der Waals surface area contributed by atoms with E-state index in [0.29, 0.717) is 0 Å². The summed E-state index contributed by atoms with van der Waals surface area (Å²) >= 11 is 0. The van der Waals surface area contributed by atoms with Gasteiger partial charge < -0.3 is 0 Å². The van der Waals surface area contributed by atoms with Crippen molar-refractivity contribution in [2.24, 2.45) is 0 Å².